The smallest absolute Gasteiger partial charge is 0.307 e. The van der Waals surface area contributed by atoms with Gasteiger partial charge in [-0.2, -0.15) is 15.5 Å². The number of benzene rings is 2. The number of allylic oxidation sites excluding steroid dienone is 1. The maximum absolute atomic E-state index is 12.1. The predicted octanol–water partition coefficient (Wildman–Crippen LogP) is 4.07. The van der Waals surface area contributed by atoms with Crippen LogP contribution in [0.3, 0.4) is 0 Å². The molecule has 3 N–H and O–H groups in total. The summed E-state index contributed by atoms with van der Waals surface area (Å²) in [5, 5.41) is 30.3. The Labute approximate surface area is 173 Å². The summed E-state index contributed by atoms with van der Waals surface area (Å²) in [7, 11) is 0. The Balaban J connectivity index is 1.87. The minimum atomic E-state index is -0.467. The number of rotatable bonds is 5. The second-order valence-corrected chi connectivity index (χ2v) is 6.74. The number of anilines is 4. The topological polar surface area (TPSA) is 130 Å². The first-order chi connectivity index (χ1) is 14.4. The fourth-order valence-corrected chi connectivity index (χ4v) is 2.92. The van der Waals surface area contributed by atoms with E-state index in [1.807, 2.05) is 38.1 Å². The van der Waals surface area contributed by atoms with Gasteiger partial charge in [-0.25, -0.2) is 5.10 Å². The van der Waals surface area contributed by atoms with E-state index >= 15 is 0 Å². The van der Waals surface area contributed by atoms with Gasteiger partial charge < -0.3 is 10.6 Å². The van der Waals surface area contributed by atoms with Gasteiger partial charge in [-0.15, -0.1) is 5.10 Å². The fourth-order valence-electron chi connectivity index (χ4n) is 2.92. The molecule has 0 aliphatic heterocycles. The molecule has 1 heterocycles. The van der Waals surface area contributed by atoms with Crippen molar-refractivity contribution in [1.29, 1.82) is 10.5 Å². The summed E-state index contributed by atoms with van der Waals surface area (Å²) in [6.07, 6.45) is 1.82. The van der Waals surface area contributed by atoms with Gasteiger partial charge in [-0.1, -0.05) is 0 Å². The molecule has 3 rings (SSSR count). The monoisotopic (exact) mass is 397 g/mol. The third kappa shape index (κ3) is 4.70. The van der Waals surface area contributed by atoms with Gasteiger partial charge in [-0.3, -0.25) is 4.79 Å². The Morgan fingerprint density at radius 3 is 2.37 bits per heavy atom. The number of aromatic nitrogens is 3. The number of aryl methyl sites for hydroxylation is 2. The molecule has 0 spiro atoms. The molecule has 0 aliphatic carbocycles. The Hall–Kier alpha value is -4.43. The van der Waals surface area contributed by atoms with Crippen molar-refractivity contribution in [3.63, 3.8) is 0 Å². The van der Waals surface area contributed by atoms with Crippen LogP contribution in [-0.2, 0) is 0 Å². The molecule has 0 saturated heterocycles. The number of hydrogen-bond acceptors (Lipinski definition) is 7. The van der Waals surface area contributed by atoms with Crippen molar-refractivity contribution in [3.8, 4) is 12.1 Å². The molecule has 0 aliphatic rings. The Morgan fingerprint density at radius 1 is 1.10 bits per heavy atom. The zero-order valence-corrected chi connectivity index (χ0v) is 16.7. The average molecular weight is 397 g/mol. The molecule has 148 valence electrons. The Kier molecular flexibility index (Phi) is 5.90. The van der Waals surface area contributed by atoms with E-state index in [9.17, 15) is 4.79 Å². The highest BCUT2D eigenvalue weighted by molar-refractivity contribution is 5.69. The molecule has 2 aromatic carbocycles. The van der Waals surface area contributed by atoms with Crippen molar-refractivity contribution in [3.05, 3.63) is 74.6 Å². The van der Waals surface area contributed by atoms with Gasteiger partial charge in [0.25, 0.3) is 0 Å². The molecular formula is C22H19N7O. The van der Waals surface area contributed by atoms with Crippen LogP contribution in [0.1, 0.15) is 29.2 Å². The molecule has 3 aromatic rings. The maximum atomic E-state index is 12.1. The molecular weight excluding hydrogens is 378 g/mol. The Bertz CT molecular complexity index is 1240. The first-order valence-corrected chi connectivity index (χ1v) is 9.10. The maximum Gasteiger partial charge on any atom is 0.307 e. The van der Waals surface area contributed by atoms with E-state index in [0.717, 1.165) is 22.4 Å². The van der Waals surface area contributed by atoms with Crippen LogP contribution in [0.15, 0.2) is 46.8 Å². The van der Waals surface area contributed by atoms with E-state index in [1.165, 1.54) is 0 Å². The summed E-state index contributed by atoms with van der Waals surface area (Å²) < 4.78 is 0. The lowest BCUT2D eigenvalue weighted by Gasteiger charge is -2.13. The van der Waals surface area contributed by atoms with Crippen LogP contribution in [0.25, 0.3) is 6.08 Å². The highest BCUT2D eigenvalue weighted by atomic mass is 16.1. The number of nitrogens with zero attached hydrogens (tertiary/aromatic N) is 4. The van der Waals surface area contributed by atoms with Crippen LogP contribution in [-0.4, -0.2) is 15.2 Å². The SMILES string of the molecule is CC(C#N)=Cc1cc(C)c(Nc2n[nH]c(=O)c(Nc3ccc(C#N)cc3)n2)c(C)c1. The summed E-state index contributed by atoms with van der Waals surface area (Å²) in [5.74, 6) is 0.310. The number of hydrogen-bond donors (Lipinski definition) is 3. The normalized spacial score (nSPS) is 10.8. The number of H-pyrrole nitrogens is 1. The van der Waals surface area contributed by atoms with Crippen LogP contribution in [0.2, 0.25) is 0 Å². The van der Waals surface area contributed by atoms with E-state index in [4.69, 9.17) is 10.5 Å². The van der Waals surface area contributed by atoms with E-state index in [-0.39, 0.29) is 11.8 Å². The largest absolute Gasteiger partial charge is 0.335 e. The quantitative estimate of drug-likeness (QED) is 0.553. The van der Waals surface area contributed by atoms with Gasteiger partial charge in [0.2, 0.25) is 11.8 Å². The lowest BCUT2D eigenvalue weighted by Crippen LogP contribution is -2.17. The lowest BCUT2D eigenvalue weighted by atomic mass is 10.0. The van der Waals surface area contributed by atoms with Crippen molar-refractivity contribution in [2.24, 2.45) is 0 Å². The minimum absolute atomic E-state index is 0.0803. The average Bonchev–Trinajstić information content (AvgIpc) is 2.73. The second kappa shape index (κ2) is 8.72. The van der Waals surface area contributed by atoms with Crippen molar-refractivity contribution < 1.29 is 0 Å². The zero-order chi connectivity index (χ0) is 21.7. The molecule has 0 fully saturated rings. The van der Waals surface area contributed by atoms with Gasteiger partial charge in [-0.05, 0) is 79.9 Å². The lowest BCUT2D eigenvalue weighted by molar-refractivity contribution is 0.944. The van der Waals surface area contributed by atoms with Gasteiger partial charge in [0, 0.05) is 16.9 Å². The van der Waals surface area contributed by atoms with Crippen LogP contribution in [0, 0.1) is 36.5 Å². The van der Waals surface area contributed by atoms with Gasteiger partial charge >= 0.3 is 5.56 Å². The number of nitriles is 2. The zero-order valence-electron chi connectivity index (χ0n) is 16.7. The fraction of sp³-hybridized carbons (Fsp3) is 0.136. The number of aromatic amines is 1. The summed E-state index contributed by atoms with van der Waals surface area (Å²) in [4.78, 5) is 16.4. The first-order valence-electron chi connectivity index (χ1n) is 9.10. The van der Waals surface area contributed by atoms with Gasteiger partial charge in [0.15, 0.2) is 0 Å². The molecule has 0 bridgehead atoms. The van der Waals surface area contributed by atoms with Crippen LogP contribution >= 0.6 is 0 Å². The van der Waals surface area contributed by atoms with Crippen molar-refractivity contribution in [2.45, 2.75) is 20.8 Å². The molecule has 0 unspecified atom stereocenters. The highest BCUT2D eigenvalue weighted by Gasteiger charge is 2.10. The van der Waals surface area contributed by atoms with Crippen LogP contribution in [0.4, 0.5) is 23.1 Å². The highest BCUT2D eigenvalue weighted by Crippen LogP contribution is 2.26. The van der Waals surface area contributed by atoms with Crippen molar-refractivity contribution in [1.82, 2.24) is 15.2 Å². The standard InChI is InChI=1S/C22H19N7O/c1-13(11-23)8-17-9-14(2)19(15(3)10-17)26-22-27-20(21(30)28-29-22)25-18-6-4-16(12-24)5-7-18/h4-10H,1-3H3,(H,28,30)(H2,25,26,27,29). The number of nitrogens with one attached hydrogen (secondary N) is 3. The first kappa shape index (κ1) is 20.3. The summed E-state index contributed by atoms with van der Waals surface area (Å²) in [6.45, 7) is 5.64. The van der Waals surface area contributed by atoms with Crippen molar-refractivity contribution in [2.75, 3.05) is 10.6 Å². The van der Waals surface area contributed by atoms with Crippen molar-refractivity contribution >= 4 is 29.2 Å². The summed E-state index contributed by atoms with van der Waals surface area (Å²) >= 11 is 0. The molecule has 0 atom stereocenters. The molecule has 1 aromatic heterocycles. The molecule has 30 heavy (non-hydrogen) atoms. The molecule has 0 radical (unpaired) electrons. The molecule has 8 heteroatoms. The van der Waals surface area contributed by atoms with E-state index in [2.05, 4.69) is 31.9 Å². The Morgan fingerprint density at radius 2 is 1.77 bits per heavy atom. The minimum Gasteiger partial charge on any atom is -0.335 e. The summed E-state index contributed by atoms with van der Waals surface area (Å²) in [6, 6.07) is 14.7. The van der Waals surface area contributed by atoms with Gasteiger partial charge in [0.1, 0.15) is 0 Å². The second-order valence-electron chi connectivity index (χ2n) is 6.74. The predicted molar refractivity (Wildman–Crippen MR) is 116 cm³/mol. The van der Waals surface area contributed by atoms with Gasteiger partial charge in [0.05, 0.1) is 17.7 Å². The van der Waals surface area contributed by atoms with Crippen LogP contribution in [0.5, 0.6) is 0 Å². The van der Waals surface area contributed by atoms with E-state index in [0.29, 0.717) is 16.8 Å². The summed E-state index contributed by atoms with van der Waals surface area (Å²) in [5.41, 5.74) is 4.95. The third-order valence-electron chi connectivity index (χ3n) is 4.32. The molecule has 0 saturated carbocycles. The van der Waals surface area contributed by atoms with E-state index < -0.39 is 5.56 Å². The third-order valence-corrected chi connectivity index (χ3v) is 4.32. The van der Waals surface area contributed by atoms with E-state index in [1.54, 1.807) is 31.2 Å². The molecule has 0 amide bonds. The molecule has 8 nitrogen and oxygen atoms in total. The van der Waals surface area contributed by atoms with Crippen LogP contribution < -0.4 is 16.2 Å².